The van der Waals surface area contributed by atoms with Crippen LogP contribution in [0.1, 0.15) is 74.0 Å². The summed E-state index contributed by atoms with van der Waals surface area (Å²) in [5.41, 5.74) is 2.53. The minimum atomic E-state index is -0.194. The van der Waals surface area contributed by atoms with Crippen molar-refractivity contribution in [3.8, 4) is 0 Å². The molecule has 0 aliphatic heterocycles. The van der Waals surface area contributed by atoms with Crippen LogP contribution in [-0.2, 0) is 17.9 Å². The van der Waals surface area contributed by atoms with Crippen molar-refractivity contribution in [2.75, 3.05) is 13.1 Å². The lowest BCUT2D eigenvalue weighted by atomic mass is 9.94. The number of hydrogen-bond acceptors (Lipinski definition) is 2. The number of carbonyl (C=O) groups is 2. The summed E-state index contributed by atoms with van der Waals surface area (Å²) in [4.78, 5) is 31.3. The van der Waals surface area contributed by atoms with Crippen LogP contribution in [0.5, 0.6) is 0 Å². The lowest BCUT2D eigenvalue weighted by molar-refractivity contribution is -0.135. The second-order valence-corrected chi connectivity index (χ2v) is 11.7. The van der Waals surface area contributed by atoms with Gasteiger partial charge < -0.3 is 14.4 Å². The summed E-state index contributed by atoms with van der Waals surface area (Å²) >= 11 is 12.8. The van der Waals surface area contributed by atoms with E-state index in [4.69, 9.17) is 23.2 Å². The Morgan fingerprint density at radius 3 is 2.31 bits per heavy atom. The van der Waals surface area contributed by atoms with E-state index >= 15 is 0 Å². The van der Waals surface area contributed by atoms with Gasteiger partial charge in [-0.3, -0.25) is 9.59 Å². The largest absolute Gasteiger partial charge is 0.345 e. The maximum absolute atomic E-state index is 14.0. The van der Waals surface area contributed by atoms with Crippen LogP contribution >= 0.6 is 23.2 Å². The molecule has 0 atom stereocenters. The van der Waals surface area contributed by atoms with Crippen LogP contribution in [0.15, 0.2) is 66.9 Å². The molecular weight excluding hydrogens is 529 g/mol. The molecule has 3 aromatic rings. The minimum Gasteiger partial charge on any atom is -0.345 e. The van der Waals surface area contributed by atoms with Gasteiger partial charge >= 0.3 is 0 Å². The van der Waals surface area contributed by atoms with Gasteiger partial charge in [-0.15, -0.1) is 0 Å². The first-order valence-corrected chi connectivity index (χ1v) is 14.8. The molecule has 1 heterocycles. The molecule has 0 N–H and O–H groups in total. The first-order valence-electron chi connectivity index (χ1n) is 14.0. The molecule has 2 aromatic carbocycles. The summed E-state index contributed by atoms with van der Waals surface area (Å²) in [5.74, 6) is 0.195. The molecule has 1 aliphatic carbocycles. The highest BCUT2D eigenvalue weighted by Crippen LogP contribution is 2.26. The van der Waals surface area contributed by atoms with E-state index in [1.165, 1.54) is 6.42 Å². The molecule has 0 spiro atoms. The molecular formula is C32H39Cl2N3O2. The number of amides is 2. The van der Waals surface area contributed by atoms with Gasteiger partial charge in [0.1, 0.15) is 6.54 Å². The Labute approximate surface area is 242 Å². The van der Waals surface area contributed by atoms with Crippen molar-refractivity contribution in [3.63, 3.8) is 0 Å². The lowest BCUT2D eigenvalue weighted by Crippen LogP contribution is -2.48. The first-order chi connectivity index (χ1) is 18.8. The van der Waals surface area contributed by atoms with Gasteiger partial charge in [0.25, 0.3) is 5.91 Å². The summed E-state index contributed by atoms with van der Waals surface area (Å²) < 4.78 is 2.16. The molecule has 0 unspecified atom stereocenters. The van der Waals surface area contributed by atoms with Gasteiger partial charge in [0.2, 0.25) is 5.91 Å². The highest BCUT2D eigenvalue weighted by atomic mass is 35.5. The number of hydrogen-bond donors (Lipinski definition) is 0. The third-order valence-corrected chi connectivity index (χ3v) is 8.28. The van der Waals surface area contributed by atoms with Crippen LogP contribution in [0.3, 0.4) is 0 Å². The smallest absolute Gasteiger partial charge is 0.255 e. The van der Waals surface area contributed by atoms with E-state index < -0.39 is 0 Å². The minimum absolute atomic E-state index is 0.0171. The van der Waals surface area contributed by atoms with Crippen LogP contribution in [-0.4, -0.2) is 45.3 Å². The second kappa shape index (κ2) is 14.0. The fraction of sp³-hybridized carbons (Fsp3) is 0.438. The van der Waals surface area contributed by atoms with Gasteiger partial charge in [0.05, 0.1) is 17.1 Å². The standard InChI is InChI=1S/C32H39Cl2N3O2/c1-24(2)18-20-36(32(39)28-15-7-9-17-30(28)34)23-31(38)37(26-12-4-3-5-13-26)22-27-14-10-19-35(27)21-25-11-6-8-16-29(25)33/h6-11,14-17,19,24,26H,3-5,12-13,18,20-23H2,1-2H3. The molecule has 5 nitrogen and oxygen atoms in total. The van der Waals surface area contributed by atoms with Crippen LogP contribution in [0.25, 0.3) is 0 Å². The Morgan fingerprint density at radius 1 is 0.923 bits per heavy atom. The summed E-state index contributed by atoms with van der Waals surface area (Å²) in [6, 6.07) is 19.2. The van der Waals surface area contributed by atoms with Crippen LogP contribution in [0.2, 0.25) is 10.0 Å². The lowest BCUT2D eigenvalue weighted by Gasteiger charge is -2.36. The Bertz CT molecular complexity index is 1250. The molecule has 1 aliphatic rings. The summed E-state index contributed by atoms with van der Waals surface area (Å²) in [6.45, 7) is 5.94. The number of benzene rings is 2. The number of aromatic nitrogens is 1. The average Bonchev–Trinajstić information content (AvgIpc) is 3.37. The number of nitrogens with zero attached hydrogens (tertiary/aromatic N) is 3. The third-order valence-electron chi connectivity index (χ3n) is 7.58. The van der Waals surface area contributed by atoms with Gasteiger partial charge in [-0.05, 0) is 61.1 Å². The molecule has 4 rings (SSSR count). The predicted molar refractivity (Wildman–Crippen MR) is 159 cm³/mol. The van der Waals surface area contributed by atoms with Crippen molar-refractivity contribution in [2.45, 2.75) is 71.5 Å². The fourth-order valence-corrected chi connectivity index (χ4v) is 5.68. The molecule has 0 radical (unpaired) electrons. The second-order valence-electron chi connectivity index (χ2n) is 10.9. The summed E-state index contributed by atoms with van der Waals surface area (Å²) in [7, 11) is 0. The van der Waals surface area contributed by atoms with Crippen molar-refractivity contribution in [3.05, 3.63) is 93.7 Å². The Morgan fingerprint density at radius 2 is 1.62 bits per heavy atom. The Hall–Kier alpha value is -2.76. The molecule has 208 valence electrons. The van der Waals surface area contributed by atoms with E-state index in [0.29, 0.717) is 36.1 Å². The van der Waals surface area contributed by atoms with Crippen molar-refractivity contribution < 1.29 is 9.59 Å². The number of halogens is 2. The van der Waals surface area contributed by atoms with Gasteiger partial charge in [0, 0.05) is 36.0 Å². The third kappa shape index (κ3) is 7.89. The van der Waals surface area contributed by atoms with E-state index in [1.807, 2.05) is 53.6 Å². The molecule has 1 saturated carbocycles. The van der Waals surface area contributed by atoms with Crippen molar-refractivity contribution in [2.24, 2.45) is 5.92 Å². The van der Waals surface area contributed by atoms with Gasteiger partial charge in [-0.25, -0.2) is 0 Å². The molecule has 2 amide bonds. The van der Waals surface area contributed by atoms with E-state index in [1.54, 1.807) is 17.0 Å². The van der Waals surface area contributed by atoms with Crippen molar-refractivity contribution >= 4 is 35.0 Å². The quantitative estimate of drug-likeness (QED) is 0.238. The Balaban J connectivity index is 1.57. The normalized spacial score (nSPS) is 14.0. The molecule has 0 saturated heterocycles. The topological polar surface area (TPSA) is 45.6 Å². The van der Waals surface area contributed by atoms with E-state index in [9.17, 15) is 9.59 Å². The van der Waals surface area contributed by atoms with Gasteiger partial charge in [-0.1, -0.05) is 86.6 Å². The van der Waals surface area contributed by atoms with Crippen molar-refractivity contribution in [1.29, 1.82) is 0 Å². The van der Waals surface area contributed by atoms with Gasteiger partial charge in [-0.2, -0.15) is 0 Å². The molecule has 7 heteroatoms. The maximum Gasteiger partial charge on any atom is 0.255 e. The maximum atomic E-state index is 14.0. The summed E-state index contributed by atoms with van der Waals surface area (Å²) in [5, 5.41) is 1.14. The van der Waals surface area contributed by atoms with E-state index in [-0.39, 0.29) is 24.4 Å². The van der Waals surface area contributed by atoms with Crippen LogP contribution in [0.4, 0.5) is 0 Å². The highest BCUT2D eigenvalue weighted by molar-refractivity contribution is 6.33. The van der Waals surface area contributed by atoms with Gasteiger partial charge in [0.15, 0.2) is 0 Å². The number of carbonyl (C=O) groups excluding carboxylic acids is 2. The van der Waals surface area contributed by atoms with Crippen LogP contribution in [0, 0.1) is 5.92 Å². The number of rotatable bonds is 11. The molecule has 0 bridgehead atoms. The highest BCUT2D eigenvalue weighted by Gasteiger charge is 2.29. The van der Waals surface area contributed by atoms with E-state index in [0.717, 1.165) is 48.4 Å². The average molecular weight is 569 g/mol. The summed E-state index contributed by atoms with van der Waals surface area (Å²) in [6.07, 6.45) is 8.26. The van der Waals surface area contributed by atoms with Crippen molar-refractivity contribution in [1.82, 2.24) is 14.4 Å². The Kier molecular flexibility index (Phi) is 10.5. The van der Waals surface area contributed by atoms with Crippen LogP contribution < -0.4 is 0 Å². The molecule has 1 aromatic heterocycles. The monoisotopic (exact) mass is 567 g/mol. The predicted octanol–water partition coefficient (Wildman–Crippen LogP) is 7.69. The molecule has 39 heavy (non-hydrogen) atoms. The zero-order chi connectivity index (χ0) is 27.8. The first kappa shape index (κ1) is 29.2. The fourth-order valence-electron chi connectivity index (χ4n) is 5.27. The zero-order valence-electron chi connectivity index (χ0n) is 23.0. The molecule has 1 fully saturated rings. The van der Waals surface area contributed by atoms with E-state index in [2.05, 4.69) is 24.5 Å². The SMILES string of the molecule is CC(C)CCN(CC(=O)N(Cc1cccn1Cc1ccccc1Cl)C1CCCCC1)C(=O)c1ccccc1Cl. The zero-order valence-corrected chi connectivity index (χ0v) is 24.5.